The lowest BCUT2D eigenvalue weighted by Crippen LogP contribution is -2.35. The van der Waals surface area contributed by atoms with Crippen LogP contribution >= 0.6 is 0 Å². The SMILES string of the molecule is CCC1Nc2cccnc2C1(C)CC. The zero-order chi connectivity index (χ0) is 10.2. The average molecular weight is 190 g/mol. The van der Waals surface area contributed by atoms with Crippen LogP contribution in [0.1, 0.15) is 39.3 Å². The van der Waals surface area contributed by atoms with Gasteiger partial charge in [-0.05, 0) is 25.0 Å². The molecule has 2 heterocycles. The number of anilines is 1. The van der Waals surface area contributed by atoms with Crippen molar-refractivity contribution in [3.05, 3.63) is 24.0 Å². The fourth-order valence-electron chi connectivity index (χ4n) is 2.46. The van der Waals surface area contributed by atoms with Crippen molar-refractivity contribution in [3.8, 4) is 0 Å². The second-order valence-electron chi connectivity index (χ2n) is 4.28. The predicted octanol–water partition coefficient (Wildman–Crippen LogP) is 2.95. The van der Waals surface area contributed by atoms with Gasteiger partial charge in [0, 0.05) is 17.7 Å². The van der Waals surface area contributed by atoms with Crippen LogP contribution in [0.3, 0.4) is 0 Å². The molecule has 2 nitrogen and oxygen atoms in total. The quantitative estimate of drug-likeness (QED) is 0.775. The minimum absolute atomic E-state index is 0.214. The van der Waals surface area contributed by atoms with E-state index in [9.17, 15) is 0 Å². The molecular formula is C12H18N2. The highest BCUT2D eigenvalue weighted by Crippen LogP contribution is 2.42. The molecule has 2 heteroatoms. The van der Waals surface area contributed by atoms with Crippen LogP contribution in [0.4, 0.5) is 5.69 Å². The molecule has 0 bridgehead atoms. The molecule has 0 spiro atoms. The van der Waals surface area contributed by atoms with E-state index in [2.05, 4.69) is 37.1 Å². The lowest BCUT2D eigenvalue weighted by atomic mass is 9.78. The van der Waals surface area contributed by atoms with Crippen LogP contribution in [-0.4, -0.2) is 11.0 Å². The molecular weight excluding hydrogens is 172 g/mol. The molecule has 2 rings (SSSR count). The molecule has 1 aliphatic heterocycles. The third-order valence-electron chi connectivity index (χ3n) is 3.59. The maximum absolute atomic E-state index is 4.52. The lowest BCUT2D eigenvalue weighted by Gasteiger charge is -2.29. The van der Waals surface area contributed by atoms with Gasteiger partial charge in [-0.15, -0.1) is 0 Å². The van der Waals surface area contributed by atoms with Crippen LogP contribution in [0.2, 0.25) is 0 Å². The van der Waals surface area contributed by atoms with Gasteiger partial charge in [0.25, 0.3) is 0 Å². The smallest absolute Gasteiger partial charge is 0.0713 e. The normalized spacial score (nSPS) is 29.8. The number of rotatable bonds is 2. The Morgan fingerprint density at radius 2 is 2.29 bits per heavy atom. The summed E-state index contributed by atoms with van der Waals surface area (Å²) in [7, 11) is 0. The van der Waals surface area contributed by atoms with Crippen molar-refractivity contribution >= 4 is 5.69 Å². The van der Waals surface area contributed by atoms with Crippen molar-refractivity contribution in [2.45, 2.75) is 45.1 Å². The summed E-state index contributed by atoms with van der Waals surface area (Å²) < 4.78 is 0. The predicted molar refractivity (Wildman–Crippen MR) is 59.6 cm³/mol. The molecule has 0 saturated carbocycles. The van der Waals surface area contributed by atoms with E-state index < -0.39 is 0 Å². The van der Waals surface area contributed by atoms with E-state index in [0.29, 0.717) is 6.04 Å². The Balaban J connectivity index is 2.47. The largest absolute Gasteiger partial charge is 0.380 e. The minimum Gasteiger partial charge on any atom is -0.380 e. The first-order chi connectivity index (χ1) is 6.72. The van der Waals surface area contributed by atoms with Crippen LogP contribution in [0, 0.1) is 0 Å². The summed E-state index contributed by atoms with van der Waals surface area (Å²) in [4.78, 5) is 4.52. The lowest BCUT2D eigenvalue weighted by molar-refractivity contribution is 0.387. The maximum Gasteiger partial charge on any atom is 0.0713 e. The zero-order valence-corrected chi connectivity index (χ0v) is 9.17. The van der Waals surface area contributed by atoms with Crippen molar-refractivity contribution in [2.75, 3.05) is 5.32 Å². The van der Waals surface area contributed by atoms with Gasteiger partial charge < -0.3 is 5.32 Å². The molecule has 0 amide bonds. The molecule has 1 aliphatic rings. The maximum atomic E-state index is 4.52. The summed E-state index contributed by atoms with van der Waals surface area (Å²) in [5.74, 6) is 0. The first-order valence-electron chi connectivity index (χ1n) is 5.44. The molecule has 0 aliphatic carbocycles. The molecule has 1 aromatic rings. The number of aromatic nitrogens is 1. The summed E-state index contributed by atoms with van der Waals surface area (Å²) in [5, 5.41) is 3.56. The van der Waals surface area contributed by atoms with Crippen LogP contribution in [-0.2, 0) is 5.41 Å². The van der Waals surface area contributed by atoms with Gasteiger partial charge in [0.15, 0.2) is 0 Å². The summed E-state index contributed by atoms with van der Waals surface area (Å²) in [5.41, 5.74) is 2.68. The Labute approximate surface area is 85.7 Å². The number of fused-ring (bicyclic) bond motifs is 1. The van der Waals surface area contributed by atoms with E-state index in [-0.39, 0.29) is 5.41 Å². The molecule has 0 fully saturated rings. The molecule has 76 valence electrons. The van der Waals surface area contributed by atoms with E-state index in [1.165, 1.54) is 11.4 Å². The third kappa shape index (κ3) is 1.13. The Morgan fingerprint density at radius 3 is 2.93 bits per heavy atom. The Kier molecular flexibility index (Phi) is 2.22. The van der Waals surface area contributed by atoms with Gasteiger partial charge in [-0.2, -0.15) is 0 Å². The molecule has 2 atom stereocenters. The second-order valence-corrected chi connectivity index (χ2v) is 4.28. The summed E-state index contributed by atoms with van der Waals surface area (Å²) in [6.07, 6.45) is 4.19. The van der Waals surface area contributed by atoms with E-state index in [1.807, 2.05) is 12.3 Å². The molecule has 1 aromatic heterocycles. The highest BCUT2D eigenvalue weighted by molar-refractivity contribution is 5.58. The van der Waals surface area contributed by atoms with Gasteiger partial charge in [0.2, 0.25) is 0 Å². The Hall–Kier alpha value is -1.05. The topological polar surface area (TPSA) is 24.9 Å². The van der Waals surface area contributed by atoms with Crippen molar-refractivity contribution in [2.24, 2.45) is 0 Å². The molecule has 2 unspecified atom stereocenters. The van der Waals surface area contributed by atoms with Gasteiger partial charge in [-0.1, -0.05) is 20.8 Å². The van der Waals surface area contributed by atoms with Crippen LogP contribution in [0.25, 0.3) is 0 Å². The van der Waals surface area contributed by atoms with Crippen molar-refractivity contribution < 1.29 is 0 Å². The average Bonchev–Trinajstić information content (AvgIpc) is 2.53. The van der Waals surface area contributed by atoms with Gasteiger partial charge in [0.1, 0.15) is 0 Å². The van der Waals surface area contributed by atoms with Gasteiger partial charge in [-0.3, -0.25) is 4.98 Å². The fraction of sp³-hybridized carbons (Fsp3) is 0.583. The van der Waals surface area contributed by atoms with Crippen LogP contribution < -0.4 is 5.32 Å². The Bertz CT molecular complexity index is 335. The zero-order valence-electron chi connectivity index (χ0n) is 9.17. The first-order valence-corrected chi connectivity index (χ1v) is 5.44. The highest BCUT2D eigenvalue weighted by Gasteiger charge is 2.41. The number of pyridine rings is 1. The van der Waals surface area contributed by atoms with Crippen LogP contribution in [0.15, 0.2) is 18.3 Å². The van der Waals surface area contributed by atoms with Gasteiger partial charge in [-0.25, -0.2) is 0 Å². The molecule has 14 heavy (non-hydrogen) atoms. The molecule has 0 saturated heterocycles. The molecule has 1 N–H and O–H groups in total. The number of hydrogen-bond acceptors (Lipinski definition) is 2. The Morgan fingerprint density at radius 1 is 1.50 bits per heavy atom. The summed E-state index contributed by atoms with van der Waals surface area (Å²) in [6.45, 7) is 6.79. The molecule has 0 radical (unpaired) electrons. The summed E-state index contributed by atoms with van der Waals surface area (Å²) in [6, 6.07) is 4.67. The monoisotopic (exact) mass is 190 g/mol. The number of hydrogen-bond donors (Lipinski definition) is 1. The van der Waals surface area contributed by atoms with Gasteiger partial charge in [0.05, 0.1) is 11.4 Å². The van der Waals surface area contributed by atoms with Crippen LogP contribution in [0.5, 0.6) is 0 Å². The standard InChI is InChI=1S/C12H18N2/c1-4-10-12(3,5-2)11-9(14-10)7-6-8-13-11/h6-8,10,14H,4-5H2,1-3H3. The fourth-order valence-corrected chi connectivity index (χ4v) is 2.46. The molecule has 0 aromatic carbocycles. The van der Waals surface area contributed by atoms with E-state index in [0.717, 1.165) is 12.8 Å². The van der Waals surface area contributed by atoms with Crippen molar-refractivity contribution in [3.63, 3.8) is 0 Å². The minimum atomic E-state index is 0.214. The number of nitrogens with zero attached hydrogens (tertiary/aromatic N) is 1. The van der Waals surface area contributed by atoms with E-state index in [4.69, 9.17) is 0 Å². The summed E-state index contributed by atoms with van der Waals surface area (Å²) >= 11 is 0. The van der Waals surface area contributed by atoms with E-state index in [1.54, 1.807) is 0 Å². The second kappa shape index (κ2) is 3.26. The van der Waals surface area contributed by atoms with E-state index >= 15 is 0 Å². The van der Waals surface area contributed by atoms with Gasteiger partial charge >= 0.3 is 0 Å². The number of nitrogens with one attached hydrogen (secondary N) is 1. The first kappa shape index (κ1) is 9.50. The third-order valence-corrected chi connectivity index (χ3v) is 3.59. The van der Waals surface area contributed by atoms with Crippen molar-refractivity contribution in [1.29, 1.82) is 0 Å². The van der Waals surface area contributed by atoms with Crippen molar-refractivity contribution in [1.82, 2.24) is 4.98 Å². The highest BCUT2D eigenvalue weighted by atomic mass is 15.0.